The minimum absolute atomic E-state index is 0.241. The largest absolute Gasteiger partial charge is 0.482 e. The van der Waals surface area contributed by atoms with Crippen LogP contribution in [0.5, 0.6) is 5.75 Å². The number of hydrogen-bond acceptors (Lipinski definition) is 6. The normalized spacial score (nSPS) is 11.2. The molecule has 0 fully saturated rings. The van der Waals surface area contributed by atoms with E-state index < -0.39 is 12.6 Å². The number of nitrogens with zero attached hydrogens (tertiary/aromatic N) is 3. The van der Waals surface area contributed by atoms with Crippen LogP contribution in [0.15, 0.2) is 70.1 Å². The fraction of sp³-hybridized carbons (Fsp3) is 0.0909. The van der Waals surface area contributed by atoms with Gasteiger partial charge in [0.1, 0.15) is 16.9 Å². The SMILES string of the molecule is Cc1ccc(-c2csc3ncn(N=Cc4ccc(OCC(=O)O)cc4)c(=O)c23)cc1. The fourth-order valence-electron chi connectivity index (χ4n) is 2.88. The van der Waals surface area contributed by atoms with Crippen LogP contribution in [-0.2, 0) is 4.79 Å². The van der Waals surface area contributed by atoms with E-state index in [0.717, 1.165) is 22.3 Å². The minimum Gasteiger partial charge on any atom is -0.482 e. The molecule has 7 nitrogen and oxygen atoms in total. The summed E-state index contributed by atoms with van der Waals surface area (Å²) in [6.45, 7) is 1.61. The molecule has 0 radical (unpaired) electrons. The molecule has 0 spiro atoms. The summed E-state index contributed by atoms with van der Waals surface area (Å²) in [7, 11) is 0. The third-order valence-corrected chi connectivity index (χ3v) is 5.30. The van der Waals surface area contributed by atoms with Gasteiger partial charge in [-0.05, 0) is 42.3 Å². The van der Waals surface area contributed by atoms with Gasteiger partial charge in [-0.15, -0.1) is 11.3 Å². The lowest BCUT2D eigenvalue weighted by Crippen LogP contribution is -2.16. The predicted molar refractivity (Wildman–Crippen MR) is 117 cm³/mol. The Balaban J connectivity index is 1.62. The average Bonchev–Trinajstić information content (AvgIpc) is 3.18. The van der Waals surface area contributed by atoms with Gasteiger partial charge in [0.2, 0.25) is 0 Å². The number of hydrogen-bond donors (Lipinski definition) is 1. The van der Waals surface area contributed by atoms with E-state index in [-0.39, 0.29) is 5.56 Å². The van der Waals surface area contributed by atoms with E-state index in [2.05, 4.69) is 10.1 Å². The number of fused-ring (bicyclic) bond motifs is 1. The first kappa shape index (κ1) is 19.5. The molecule has 0 amide bonds. The zero-order chi connectivity index (χ0) is 21.1. The third kappa shape index (κ3) is 4.13. The lowest BCUT2D eigenvalue weighted by atomic mass is 10.1. The topological polar surface area (TPSA) is 93.8 Å². The maximum absolute atomic E-state index is 13.0. The van der Waals surface area contributed by atoms with Gasteiger partial charge in [0, 0.05) is 10.9 Å². The van der Waals surface area contributed by atoms with E-state index in [9.17, 15) is 9.59 Å². The van der Waals surface area contributed by atoms with Crippen molar-refractivity contribution >= 4 is 33.7 Å². The Morgan fingerprint density at radius 1 is 1.20 bits per heavy atom. The second-order valence-electron chi connectivity index (χ2n) is 6.59. The van der Waals surface area contributed by atoms with Crippen molar-refractivity contribution in [3.63, 3.8) is 0 Å². The Morgan fingerprint density at radius 3 is 2.63 bits per heavy atom. The summed E-state index contributed by atoms with van der Waals surface area (Å²) in [5.74, 6) is -0.600. The lowest BCUT2D eigenvalue weighted by molar-refractivity contribution is -0.139. The van der Waals surface area contributed by atoms with Crippen LogP contribution in [0.4, 0.5) is 0 Å². The molecule has 8 heteroatoms. The van der Waals surface area contributed by atoms with E-state index in [0.29, 0.717) is 16.0 Å². The highest BCUT2D eigenvalue weighted by Crippen LogP contribution is 2.30. The van der Waals surface area contributed by atoms with Crippen molar-refractivity contribution in [2.24, 2.45) is 5.10 Å². The number of carboxylic acid groups (broad SMARTS) is 1. The number of thiophene rings is 1. The molecule has 0 saturated carbocycles. The monoisotopic (exact) mass is 419 g/mol. The summed E-state index contributed by atoms with van der Waals surface area (Å²) in [6.07, 6.45) is 2.94. The van der Waals surface area contributed by atoms with E-state index in [1.165, 1.54) is 28.6 Å². The zero-order valence-corrected chi connectivity index (χ0v) is 16.8. The minimum atomic E-state index is -1.04. The summed E-state index contributed by atoms with van der Waals surface area (Å²) >= 11 is 1.43. The number of aliphatic carboxylic acids is 1. The van der Waals surface area contributed by atoms with Gasteiger partial charge >= 0.3 is 5.97 Å². The molecule has 4 rings (SSSR count). The van der Waals surface area contributed by atoms with Crippen molar-refractivity contribution in [2.45, 2.75) is 6.92 Å². The third-order valence-electron chi connectivity index (χ3n) is 4.41. The molecule has 30 heavy (non-hydrogen) atoms. The molecule has 0 aliphatic carbocycles. The van der Waals surface area contributed by atoms with E-state index >= 15 is 0 Å². The van der Waals surface area contributed by atoms with Gasteiger partial charge in [-0.2, -0.15) is 9.78 Å². The summed E-state index contributed by atoms with van der Waals surface area (Å²) < 4.78 is 6.31. The molecular formula is C22H17N3O4S. The number of carbonyl (C=O) groups is 1. The molecule has 4 aromatic rings. The van der Waals surface area contributed by atoms with Crippen molar-refractivity contribution in [1.82, 2.24) is 9.66 Å². The molecule has 150 valence electrons. The number of carboxylic acids is 1. The van der Waals surface area contributed by atoms with Gasteiger partial charge in [-0.1, -0.05) is 29.8 Å². The molecule has 0 bridgehead atoms. The fourth-order valence-corrected chi connectivity index (χ4v) is 3.78. The van der Waals surface area contributed by atoms with Gasteiger partial charge < -0.3 is 9.84 Å². The second kappa shape index (κ2) is 8.30. The molecule has 0 atom stereocenters. The first-order valence-electron chi connectivity index (χ1n) is 9.06. The summed E-state index contributed by atoms with van der Waals surface area (Å²) in [4.78, 5) is 28.6. The molecular weight excluding hydrogens is 402 g/mol. The first-order valence-corrected chi connectivity index (χ1v) is 9.94. The number of benzene rings is 2. The van der Waals surface area contributed by atoms with Crippen LogP contribution < -0.4 is 10.3 Å². The zero-order valence-electron chi connectivity index (χ0n) is 16.0. The van der Waals surface area contributed by atoms with Crippen LogP contribution in [0.1, 0.15) is 11.1 Å². The number of rotatable bonds is 6. The van der Waals surface area contributed by atoms with Crippen LogP contribution in [0.2, 0.25) is 0 Å². The smallest absolute Gasteiger partial charge is 0.341 e. The number of ether oxygens (including phenoxy) is 1. The highest BCUT2D eigenvalue weighted by molar-refractivity contribution is 7.17. The van der Waals surface area contributed by atoms with Crippen LogP contribution in [0.3, 0.4) is 0 Å². The molecule has 0 unspecified atom stereocenters. The van der Waals surface area contributed by atoms with Gasteiger partial charge in [0.25, 0.3) is 5.56 Å². The summed E-state index contributed by atoms with van der Waals surface area (Å²) in [5, 5.41) is 15.4. The summed E-state index contributed by atoms with van der Waals surface area (Å²) in [6, 6.07) is 14.7. The molecule has 2 aromatic carbocycles. The van der Waals surface area contributed by atoms with E-state index in [4.69, 9.17) is 9.84 Å². The lowest BCUT2D eigenvalue weighted by Gasteiger charge is -2.03. The van der Waals surface area contributed by atoms with Gasteiger partial charge in [0.05, 0.1) is 11.6 Å². The van der Waals surface area contributed by atoms with Crippen molar-refractivity contribution in [1.29, 1.82) is 0 Å². The number of aromatic nitrogens is 2. The van der Waals surface area contributed by atoms with Crippen molar-refractivity contribution in [3.8, 4) is 16.9 Å². The van der Waals surface area contributed by atoms with E-state index in [1.807, 2.05) is 36.6 Å². The summed E-state index contributed by atoms with van der Waals surface area (Å²) in [5.41, 5.74) is 3.45. The van der Waals surface area contributed by atoms with Crippen LogP contribution >= 0.6 is 11.3 Å². The van der Waals surface area contributed by atoms with Crippen molar-refractivity contribution in [3.05, 3.63) is 81.7 Å². The molecule has 2 aromatic heterocycles. The Labute approximate surface area is 175 Å². The van der Waals surface area contributed by atoms with Crippen LogP contribution in [-0.4, -0.2) is 33.6 Å². The number of aryl methyl sites for hydroxylation is 1. The highest BCUT2D eigenvalue weighted by Gasteiger charge is 2.13. The Morgan fingerprint density at radius 2 is 1.93 bits per heavy atom. The molecule has 0 saturated heterocycles. The quantitative estimate of drug-likeness (QED) is 0.480. The standard InChI is InChI=1S/C22H17N3O4S/c1-14-2-6-16(7-3-14)18-12-30-21-20(18)22(28)25(13-23-21)24-10-15-4-8-17(9-5-15)29-11-19(26)27/h2-10,12-13H,11H2,1H3,(H,26,27). The van der Waals surface area contributed by atoms with Crippen LogP contribution in [0.25, 0.3) is 21.3 Å². The second-order valence-corrected chi connectivity index (χ2v) is 7.44. The average molecular weight is 419 g/mol. The van der Waals surface area contributed by atoms with Gasteiger partial charge in [-0.3, -0.25) is 4.79 Å². The Hall–Kier alpha value is -3.78. The maximum Gasteiger partial charge on any atom is 0.341 e. The highest BCUT2D eigenvalue weighted by atomic mass is 32.1. The molecule has 1 N–H and O–H groups in total. The van der Waals surface area contributed by atoms with Crippen molar-refractivity contribution < 1.29 is 14.6 Å². The first-order chi connectivity index (χ1) is 14.5. The molecule has 0 aliphatic heterocycles. The molecule has 0 aliphatic rings. The molecule has 2 heterocycles. The van der Waals surface area contributed by atoms with Crippen LogP contribution in [0, 0.1) is 6.92 Å². The van der Waals surface area contributed by atoms with E-state index in [1.54, 1.807) is 24.3 Å². The Bertz CT molecular complexity index is 1290. The van der Waals surface area contributed by atoms with Gasteiger partial charge in [0.15, 0.2) is 6.61 Å². The maximum atomic E-state index is 13.0. The predicted octanol–water partition coefficient (Wildman–Crippen LogP) is 3.78. The van der Waals surface area contributed by atoms with Crippen molar-refractivity contribution in [2.75, 3.05) is 6.61 Å². The Kier molecular flexibility index (Phi) is 5.40. The van der Waals surface area contributed by atoms with Gasteiger partial charge in [-0.25, -0.2) is 9.78 Å².